The van der Waals surface area contributed by atoms with Gasteiger partial charge < -0.3 is 14.2 Å². The van der Waals surface area contributed by atoms with E-state index in [9.17, 15) is 13.2 Å². The third kappa shape index (κ3) is 10.1. The number of esters is 1. The number of ether oxygens (including phenoxy) is 3. The van der Waals surface area contributed by atoms with Crippen LogP contribution in [0, 0.1) is 12.3 Å². The maximum absolute atomic E-state index is 11.2. The molecule has 18 heavy (non-hydrogen) atoms. The Morgan fingerprint density at radius 2 is 1.78 bits per heavy atom. The van der Waals surface area contributed by atoms with E-state index in [1.165, 1.54) is 0 Å². The summed E-state index contributed by atoms with van der Waals surface area (Å²) < 4.78 is 37.1. The van der Waals surface area contributed by atoms with Gasteiger partial charge in [-0.25, -0.2) is 8.42 Å². The molecule has 0 aromatic heterocycles. The molecule has 0 aromatic rings. The summed E-state index contributed by atoms with van der Waals surface area (Å²) in [6.45, 7) is 3.58. The van der Waals surface area contributed by atoms with Gasteiger partial charge in [-0.1, -0.05) is 5.92 Å². The van der Waals surface area contributed by atoms with Crippen LogP contribution >= 0.6 is 0 Å². The Kier molecular flexibility index (Phi) is 9.28. The molecule has 0 fully saturated rings. The van der Waals surface area contributed by atoms with E-state index >= 15 is 0 Å². The van der Waals surface area contributed by atoms with Crippen LogP contribution in [0.15, 0.2) is 0 Å². The quantitative estimate of drug-likeness (QED) is 0.308. The molecular weight excluding hydrogens is 260 g/mol. The Labute approximate surface area is 108 Å². The van der Waals surface area contributed by atoms with Crippen molar-refractivity contribution in [2.45, 2.75) is 6.92 Å². The van der Waals surface area contributed by atoms with Crippen molar-refractivity contribution in [1.82, 2.24) is 0 Å². The van der Waals surface area contributed by atoms with E-state index < -0.39 is 27.3 Å². The number of hydrogen-bond acceptors (Lipinski definition) is 6. The second kappa shape index (κ2) is 9.88. The Balaban J connectivity index is 3.58. The minimum Gasteiger partial charge on any atom is -0.462 e. The third-order valence-corrected chi connectivity index (χ3v) is 2.99. The van der Waals surface area contributed by atoms with Crippen LogP contribution in [-0.2, 0) is 28.8 Å². The van der Waals surface area contributed by atoms with Gasteiger partial charge in [0.1, 0.15) is 18.1 Å². The molecule has 0 spiro atoms. The molecule has 0 aliphatic heterocycles. The van der Waals surface area contributed by atoms with E-state index in [-0.39, 0.29) is 13.2 Å². The van der Waals surface area contributed by atoms with Gasteiger partial charge in [0.05, 0.1) is 19.8 Å². The highest BCUT2D eigenvalue weighted by molar-refractivity contribution is 7.92. The predicted molar refractivity (Wildman–Crippen MR) is 65.8 cm³/mol. The standard InChI is InChI=1S/C11H18O6S/c1-3-9-18(13,14)10-11(12)17-8-7-16-6-5-15-4-2/h1H,4-10H2,2H3. The highest BCUT2D eigenvalue weighted by atomic mass is 32.2. The number of carbonyl (C=O) groups is 1. The van der Waals surface area contributed by atoms with Crippen molar-refractivity contribution in [3.05, 3.63) is 0 Å². The average molecular weight is 278 g/mol. The van der Waals surface area contributed by atoms with Gasteiger partial charge in [-0.05, 0) is 6.92 Å². The first-order valence-corrected chi connectivity index (χ1v) is 7.29. The minimum absolute atomic E-state index is 0.0104. The fraction of sp³-hybridized carbons (Fsp3) is 0.727. The van der Waals surface area contributed by atoms with E-state index in [2.05, 4.69) is 4.74 Å². The summed E-state index contributed by atoms with van der Waals surface area (Å²) in [5.74, 6) is -0.00932. The van der Waals surface area contributed by atoms with Gasteiger partial charge in [0.25, 0.3) is 0 Å². The molecule has 0 atom stereocenters. The van der Waals surface area contributed by atoms with Gasteiger partial charge in [-0.15, -0.1) is 6.42 Å². The first-order valence-electron chi connectivity index (χ1n) is 5.47. The van der Waals surface area contributed by atoms with E-state index in [1.807, 2.05) is 12.8 Å². The normalized spacial score (nSPS) is 10.9. The monoisotopic (exact) mass is 278 g/mol. The summed E-state index contributed by atoms with van der Waals surface area (Å²) in [6, 6.07) is 0. The molecule has 0 N–H and O–H groups in total. The van der Waals surface area contributed by atoms with Crippen molar-refractivity contribution >= 4 is 15.8 Å². The van der Waals surface area contributed by atoms with Gasteiger partial charge >= 0.3 is 5.97 Å². The largest absolute Gasteiger partial charge is 0.462 e. The Morgan fingerprint density at radius 3 is 2.39 bits per heavy atom. The number of carbonyl (C=O) groups excluding carboxylic acids is 1. The summed E-state index contributed by atoms with van der Waals surface area (Å²) >= 11 is 0. The molecule has 0 saturated carbocycles. The van der Waals surface area contributed by atoms with E-state index in [0.29, 0.717) is 19.8 Å². The van der Waals surface area contributed by atoms with Gasteiger partial charge in [0.2, 0.25) is 0 Å². The highest BCUT2D eigenvalue weighted by Crippen LogP contribution is 1.92. The third-order valence-electron chi connectivity index (χ3n) is 1.71. The minimum atomic E-state index is -3.56. The van der Waals surface area contributed by atoms with Gasteiger partial charge in [-0.3, -0.25) is 4.79 Å². The molecule has 0 bridgehead atoms. The molecule has 0 rings (SSSR count). The van der Waals surface area contributed by atoms with Crippen molar-refractivity contribution < 1.29 is 27.4 Å². The molecule has 0 aliphatic rings. The number of sulfone groups is 1. The number of rotatable bonds is 10. The maximum Gasteiger partial charge on any atom is 0.321 e. The Morgan fingerprint density at radius 1 is 1.17 bits per heavy atom. The second-order valence-electron chi connectivity index (χ2n) is 3.27. The zero-order valence-corrected chi connectivity index (χ0v) is 11.2. The second-order valence-corrected chi connectivity index (χ2v) is 5.33. The SMILES string of the molecule is C#CCS(=O)(=O)CC(=O)OCCOCCOCC. The summed E-state index contributed by atoms with van der Waals surface area (Å²) in [5.41, 5.74) is 0. The number of terminal acetylenes is 1. The van der Waals surface area contributed by atoms with Crippen LogP contribution in [0.25, 0.3) is 0 Å². The molecule has 0 amide bonds. The average Bonchev–Trinajstić information content (AvgIpc) is 2.27. The van der Waals surface area contributed by atoms with Crippen molar-refractivity contribution in [1.29, 1.82) is 0 Å². The van der Waals surface area contributed by atoms with Crippen molar-refractivity contribution in [3.8, 4) is 12.3 Å². The fourth-order valence-corrected chi connectivity index (χ4v) is 1.78. The molecule has 0 heterocycles. The van der Waals surface area contributed by atoms with Gasteiger partial charge in [0, 0.05) is 6.61 Å². The molecule has 0 aliphatic carbocycles. The van der Waals surface area contributed by atoms with Crippen molar-refractivity contribution in [2.24, 2.45) is 0 Å². The zero-order chi connectivity index (χ0) is 13.9. The Bertz CT molecular complexity index is 367. The van der Waals surface area contributed by atoms with E-state index in [4.69, 9.17) is 15.9 Å². The number of hydrogen-bond donors (Lipinski definition) is 0. The molecule has 0 aromatic carbocycles. The Hall–Kier alpha value is -1.10. The smallest absolute Gasteiger partial charge is 0.321 e. The first kappa shape index (κ1) is 16.9. The van der Waals surface area contributed by atoms with Crippen LogP contribution in [-0.4, -0.2) is 58.9 Å². The lowest BCUT2D eigenvalue weighted by atomic mass is 10.7. The van der Waals surface area contributed by atoms with Crippen molar-refractivity contribution in [3.63, 3.8) is 0 Å². The highest BCUT2D eigenvalue weighted by Gasteiger charge is 2.16. The molecule has 0 saturated heterocycles. The first-order chi connectivity index (χ1) is 8.52. The molecule has 6 nitrogen and oxygen atoms in total. The molecule has 7 heteroatoms. The van der Waals surface area contributed by atoms with Crippen LogP contribution in [0.4, 0.5) is 0 Å². The van der Waals surface area contributed by atoms with E-state index in [0.717, 1.165) is 0 Å². The van der Waals surface area contributed by atoms with Gasteiger partial charge in [0.15, 0.2) is 9.84 Å². The van der Waals surface area contributed by atoms with Crippen LogP contribution in [0.2, 0.25) is 0 Å². The van der Waals surface area contributed by atoms with Gasteiger partial charge in [-0.2, -0.15) is 0 Å². The molecule has 0 radical (unpaired) electrons. The fourth-order valence-electron chi connectivity index (χ4n) is 0.978. The van der Waals surface area contributed by atoms with Crippen LogP contribution < -0.4 is 0 Å². The van der Waals surface area contributed by atoms with Crippen LogP contribution in [0.1, 0.15) is 6.92 Å². The molecule has 0 unspecified atom stereocenters. The van der Waals surface area contributed by atoms with E-state index in [1.54, 1.807) is 0 Å². The van der Waals surface area contributed by atoms with Crippen LogP contribution in [0.3, 0.4) is 0 Å². The van der Waals surface area contributed by atoms with Crippen LogP contribution in [0.5, 0.6) is 0 Å². The summed E-state index contributed by atoms with van der Waals surface area (Å²) in [7, 11) is -3.56. The lowest BCUT2D eigenvalue weighted by molar-refractivity contribution is -0.142. The molecule has 104 valence electrons. The zero-order valence-electron chi connectivity index (χ0n) is 10.4. The summed E-state index contributed by atoms with van der Waals surface area (Å²) in [6.07, 6.45) is 4.86. The topological polar surface area (TPSA) is 78.9 Å². The summed E-state index contributed by atoms with van der Waals surface area (Å²) in [5, 5.41) is 0. The predicted octanol–water partition coefficient (Wildman–Crippen LogP) is -0.369. The summed E-state index contributed by atoms with van der Waals surface area (Å²) in [4.78, 5) is 11.1. The molecular formula is C11H18O6S. The lowest BCUT2D eigenvalue weighted by Gasteiger charge is -2.06. The lowest BCUT2D eigenvalue weighted by Crippen LogP contribution is -2.22. The maximum atomic E-state index is 11.2. The van der Waals surface area contributed by atoms with Crippen molar-refractivity contribution in [2.75, 3.05) is 44.5 Å².